The van der Waals surface area contributed by atoms with Gasteiger partial charge in [0.05, 0.1) is 12.1 Å². The summed E-state index contributed by atoms with van der Waals surface area (Å²) in [7, 11) is 1.60. The van der Waals surface area contributed by atoms with Gasteiger partial charge in [0, 0.05) is 0 Å². The molecular formula is C11H17ClN2O. The Kier molecular flexibility index (Phi) is 4.88. The Bertz CT molecular complexity index is 313. The van der Waals surface area contributed by atoms with E-state index in [0.717, 1.165) is 12.0 Å². The molecule has 0 fully saturated rings. The largest absolute Gasteiger partial charge is 0.495 e. The van der Waals surface area contributed by atoms with Gasteiger partial charge in [-0.1, -0.05) is 17.7 Å². The van der Waals surface area contributed by atoms with Crippen LogP contribution in [0, 0.1) is 5.92 Å². The fourth-order valence-electron chi connectivity index (χ4n) is 1.43. The predicted molar refractivity (Wildman–Crippen MR) is 63.3 cm³/mol. The topological polar surface area (TPSA) is 61.3 Å². The van der Waals surface area contributed by atoms with Crippen LogP contribution in [0.1, 0.15) is 5.56 Å². The maximum absolute atomic E-state index is 6.01. The Morgan fingerprint density at radius 2 is 2.00 bits per heavy atom. The second kappa shape index (κ2) is 5.95. The maximum Gasteiger partial charge on any atom is 0.137 e. The van der Waals surface area contributed by atoms with Gasteiger partial charge in [0.1, 0.15) is 5.75 Å². The number of hydrogen-bond donors (Lipinski definition) is 2. The standard InChI is InChI=1S/C11H17ClN2O/c1-15-11-3-2-8(5-10(11)12)4-9(6-13)7-14/h2-3,5,9H,4,6-7,13-14H2,1H3. The first kappa shape index (κ1) is 12.3. The highest BCUT2D eigenvalue weighted by Crippen LogP contribution is 2.25. The van der Waals surface area contributed by atoms with Crippen molar-refractivity contribution in [1.29, 1.82) is 0 Å². The molecule has 0 saturated heterocycles. The van der Waals surface area contributed by atoms with Crippen LogP contribution in [0.4, 0.5) is 0 Å². The summed E-state index contributed by atoms with van der Waals surface area (Å²) in [6.45, 7) is 1.19. The summed E-state index contributed by atoms with van der Waals surface area (Å²) in [5.41, 5.74) is 12.3. The first-order valence-corrected chi connectivity index (χ1v) is 5.31. The van der Waals surface area contributed by atoms with Crippen molar-refractivity contribution in [2.24, 2.45) is 17.4 Å². The van der Waals surface area contributed by atoms with E-state index >= 15 is 0 Å². The first-order valence-electron chi connectivity index (χ1n) is 4.93. The molecule has 0 amide bonds. The zero-order valence-electron chi connectivity index (χ0n) is 8.87. The summed E-state index contributed by atoms with van der Waals surface area (Å²) >= 11 is 6.01. The minimum Gasteiger partial charge on any atom is -0.495 e. The van der Waals surface area contributed by atoms with Gasteiger partial charge in [-0.15, -0.1) is 0 Å². The van der Waals surface area contributed by atoms with E-state index < -0.39 is 0 Å². The van der Waals surface area contributed by atoms with Crippen LogP contribution in [-0.4, -0.2) is 20.2 Å². The van der Waals surface area contributed by atoms with Gasteiger partial charge in [-0.05, 0) is 43.1 Å². The normalized spacial score (nSPS) is 10.7. The van der Waals surface area contributed by atoms with Gasteiger partial charge in [0.15, 0.2) is 0 Å². The van der Waals surface area contributed by atoms with E-state index in [1.807, 2.05) is 18.2 Å². The molecule has 0 aliphatic carbocycles. The molecule has 3 nitrogen and oxygen atoms in total. The third-order valence-corrected chi connectivity index (χ3v) is 2.70. The number of rotatable bonds is 5. The lowest BCUT2D eigenvalue weighted by Crippen LogP contribution is -2.25. The zero-order valence-corrected chi connectivity index (χ0v) is 9.63. The van der Waals surface area contributed by atoms with Gasteiger partial charge in [0.2, 0.25) is 0 Å². The van der Waals surface area contributed by atoms with Crippen LogP contribution >= 0.6 is 11.6 Å². The van der Waals surface area contributed by atoms with Crippen molar-refractivity contribution in [2.45, 2.75) is 6.42 Å². The monoisotopic (exact) mass is 228 g/mol. The van der Waals surface area contributed by atoms with Crippen molar-refractivity contribution in [3.63, 3.8) is 0 Å². The number of halogens is 1. The number of benzene rings is 1. The smallest absolute Gasteiger partial charge is 0.137 e. The Labute approximate surface area is 95.4 Å². The van der Waals surface area contributed by atoms with Crippen LogP contribution in [0.2, 0.25) is 5.02 Å². The summed E-state index contributed by atoms with van der Waals surface area (Å²) < 4.78 is 5.08. The molecule has 84 valence electrons. The van der Waals surface area contributed by atoms with Crippen molar-refractivity contribution >= 4 is 11.6 Å². The van der Waals surface area contributed by atoms with Crippen LogP contribution < -0.4 is 16.2 Å². The summed E-state index contributed by atoms with van der Waals surface area (Å²) in [4.78, 5) is 0. The molecule has 4 heteroatoms. The van der Waals surface area contributed by atoms with Crippen molar-refractivity contribution in [3.8, 4) is 5.75 Å². The molecule has 1 aromatic rings. The highest BCUT2D eigenvalue weighted by atomic mass is 35.5. The molecule has 15 heavy (non-hydrogen) atoms. The van der Waals surface area contributed by atoms with E-state index in [4.69, 9.17) is 27.8 Å². The van der Waals surface area contributed by atoms with Gasteiger partial charge >= 0.3 is 0 Å². The quantitative estimate of drug-likeness (QED) is 0.802. The van der Waals surface area contributed by atoms with E-state index in [9.17, 15) is 0 Å². The van der Waals surface area contributed by atoms with Crippen LogP contribution in [0.5, 0.6) is 5.75 Å². The van der Waals surface area contributed by atoms with E-state index in [0.29, 0.717) is 29.8 Å². The molecule has 0 spiro atoms. The molecule has 0 aromatic heterocycles. The molecule has 0 heterocycles. The molecule has 1 aromatic carbocycles. The minimum atomic E-state index is 0.314. The molecule has 0 radical (unpaired) electrons. The zero-order chi connectivity index (χ0) is 11.3. The highest BCUT2D eigenvalue weighted by molar-refractivity contribution is 6.32. The van der Waals surface area contributed by atoms with E-state index in [-0.39, 0.29) is 0 Å². The van der Waals surface area contributed by atoms with Gasteiger partial charge in [0.25, 0.3) is 0 Å². The molecular weight excluding hydrogens is 212 g/mol. The molecule has 4 N–H and O–H groups in total. The Morgan fingerprint density at radius 3 is 2.47 bits per heavy atom. The van der Waals surface area contributed by atoms with Gasteiger partial charge in [-0.3, -0.25) is 0 Å². The molecule has 0 unspecified atom stereocenters. The average molecular weight is 229 g/mol. The predicted octanol–water partition coefficient (Wildman–Crippen LogP) is 1.42. The van der Waals surface area contributed by atoms with Crippen molar-refractivity contribution in [3.05, 3.63) is 28.8 Å². The molecule has 1 rings (SSSR count). The Balaban J connectivity index is 2.74. The lowest BCUT2D eigenvalue weighted by Gasteiger charge is -2.12. The van der Waals surface area contributed by atoms with Crippen LogP contribution in [0.3, 0.4) is 0 Å². The number of hydrogen-bond acceptors (Lipinski definition) is 3. The number of ether oxygens (including phenoxy) is 1. The van der Waals surface area contributed by atoms with Crippen molar-refractivity contribution < 1.29 is 4.74 Å². The van der Waals surface area contributed by atoms with Crippen LogP contribution in [0.15, 0.2) is 18.2 Å². The van der Waals surface area contributed by atoms with E-state index in [1.54, 1.807) is 7.11 Å². The Morgan fingerprint density at radius 1 is 1.33 bits per heavy atom. The second-order valence-electron chi connectivity index (χ2n) is 3.51. The lowest BCUT2D eigenvalue weighted by atomic mass is 9.99. The third-order valence-electron chi connectivity index (χ3n) is 2.41. The number of nitrogens with two attached hydrogens (primary N) is 2. The summed E-state index contributed by atoms with van der Waals surface area (Å²) in [6.07, 6.45) is 0.858. The SMILES string of the molecule is COc1ccc(CC(CN)CN)cc1Cl. The Hall–Kier alpha value is -0.770. The van der Waals surface area contributed by atoms with Crippen LogP contribution in [0.25, 0.3) is 0 Å². The average Bonchev–Trinajstić information content (AvgIpc) is 2.26. The van der Waals surface area contributed by atoms with Gasteiger partial charge in [-0.25, -0.2) is 0 Å². The van der Waals surface area contributed by atoms with Gasteiger partial charge in [-0.2, -0.15) is 0 Å². The summed E-state index contributed by atoms with van der Waals surface area (Å²) in [5, 5.41) is 0.628. The van der Waals surface area contributed by atoms with E-state index in [2.05, 4.69) is 0 Å². The molecule has 0 atom stereocenters. The van der Waals surface area contributed by atoms with Crippen molar-refractivity contribution in [1.82, 2.24) is 0 Å². The molecule has 0 aliphatic rings. The molecule has 0 saturated carbocycles. The van der Waals surface area contributed by atoms with E-state index in [1.165, 1.54) is 0 Å². The number of methoxy groups -OCH3 is 1. The molecule has 0 aliphatic heterocycles. The summed E-state index contributed by atoms with van der Waals surface area (Å²) in [6, 6.07) is 5.75. The fourth-order valence-corrected chi connectivity index (χ4v) is 1.71. The van der Waals surface area contributed by atoms with Crippen molar-refractivity contribution in [2.75, 3.05) is 20.2 Å². The minimum absolute atomic E-state index is 0.314. The third kappa shape index (κ3) is 3.38. The second-order valence-corrected chi connectivity index (χ2v) is 3.92. The fraction of sp³-hybridized carbons (Fsp3) is 0.455. The lowest BCUT2D eigenvalue weighted by molar-refractivity contribution is 0.414. The van der Waals surface area contributed by atoms with Gasteiger partial charge < -0.3 is 16.2 Å². The summed E-state index contributed by atoms with van der Waals surface area (Å²) in [5.74, 6) is 1.01. The highest BCUT2D eigenvalue weighted by Gasteiger charge is 2.07. The first-order chi connectivity index (χ1) is 7.21. The van der Waals surface area contributed by atoms with Crippen LogP contribution in [-0.2, 0) is 6.42 Å². The molecule has 0 bridgehead atoms. The maximum atomic E-state index is 6.01.